The number of aliphatic hydroxyl groups is 2. The summed E-state index contributed by atoms with van der Waals surface area (Å²) in [5, 5.41) is 20.7. The largest absolute Gasteiger partial charge is 0.387 e. The maximum Gasteiger partial charge on any atom is 0.297 e. The molecule has 0 amide bonds. The number of nitrogens with zero attached hydrogens (tertiary/aromatic N) is 3. The fraction of sp³-hybridized carbons (Fsp3) is 0.353. The van der Waals surface area contributed by atoms with E-state index in [4.69, 9.17) is 14.7 Å². The Labute approximate surface area is 170 Å². The van der Waals surface area contributed by atoms with E-state index in [0.29, 0.717) is 0 Å². The minimum absolute atomic E-state index is 0.0314. The summed E-state index contributed by atoms with van der Waals surface area (Å²) in [6, 6.07) is 6.06. The van der Waals surface area contributed by atoms with Gasteiger partial charge >= 0.3 is 0 Å². The van der Waals surface area contributed by atoms with Gasteiger partial charge in [0.05, 0.1) is 17.8 Å². The van der Waals surface area contributed by atoms with E-state index in [0.717, 1.165) is 5.56 Å². The first-order valence-electron chi connectivity index (χ1n) is 8.87. The van der Waals surface area contributed by atoms with Crippen molar-refractivity contribution in [2.45, 2.75) is 36.4 Å². The van der Waals surface area contributed by atoms with Crippen LogP contribution in [0.4, 0.5) is 5.95 Å². The molecule has 0 bridgehead atoms. The first-order chi connectivity index (χ1) is 14.2. The Hall–Kier alpha value is -2.84. The molecule has 0 unspecified atom stereocenters. The number of aromatic nitrogens is 4. The van der Waals surface area contributed by atoms with Gasteiger partial charge < -0.3 is 20.7 Å². The molecule has 4 rings (SSSR count). The molecule has 0 spiro atoms. The highest BCUT2D eigenvalue weighted by Gasteiger charge is 2.45. The van der Waals surface area contributed by atoms with Crippen LogP contribution in [0.3, 0.4) is 0 Å². The zero-order valence-corrected chi connectivity index (χ0v) is 16.5. The van der Waals surface area contributed by atoms with Gasteiger partial charge in [-0.25, -0.2) is 4.98 Å². The fourth-order valence-electron chi connectivity index (χ4n) is 3.16. The van der Waals surface area contributed by atoms with Crippen molar-refractivity contribution in [3.63, 3.8) is 0 Å². The second kappa shape index (κ2) is 7.45. The van der Waals surface area contributed by atoms with Gasteiger partial charge in [0.15, 0.2) is 17.4 Å². The Kier molecular flexibility index (Phi) is 5.07. The van der Waals surface area contributed by atoms with E-state index in [-0.39, 0.29) is 22.0 Å². The predicted molar refractivity (Wildman–Crippen MR) is 103 cm³/mol. The van der Waals surface area contributed by atoms with Gasteiger partial charge in [0.25, 0.3) is 15.7 Å². The van der Waals surface area contributed by atoms with Crippen LogP contribution in [-0.4, -0.2) is 63.1 Å². The second-order valence-corrected chi connectivity index (χ2v) is 8.49. The number of nitrogens with one attached hydrogen (secondary N) is 1. The van der Waals surface area contributed by atoms with Gasteiger partial charge in [0.2, 0.25) is 5.95 Å². The van der Waals surface area contributed by atoms with Gasteiger partial charge in [-0.1, -0.05) is 17.7 Å². The third kappa shape index (κ3) is 3.57. The maximum atomic E-state index is 12.3. The molecule has 13 heteroatoms. The summed E-state index contributed by atoms with van der Waals surface area (Å²) >= 11 is 0. The number of hydrogen-bond acceptors (Lipinski definition) is 10. The number of benzene rings is 1. The number of anilines is 1. The van der Waals surface area contributed by atoms with Crippen LogP contribution in [0, 0.1) is 6.92 Å². The molecule has 0 radical (unpaired) electrons. The third-order valence-electron chi connectivity index (χ3n) is 4.76. The molecule has 3 aromatic rings. The van der Waals surface area contributed by atoms with Crippen LogP contribution < -0.4 is 11.3 Å². The number of aromatic amines is 1. The molecule has 5 N–H and O–H groups in total. The van der Waals surface area contributed by atoms with Gasteiger partial charge in [-0.05, 0) is 19.1 Å². The van der Waals surface area contributed by atoms with E-state index in [1.807, 2.05) is 6.92 Å². The highest BCUT2D eigenvalue weighted by molar-refractivity contribution is 7.86. The lowest BCUT2D eigenvalue weighted by atomic mass is 10.1. The minimum atomic E-state index is -4.09. The topological polar surface area (TPSA) is 183 Å². The normalized spacial score (nSPS) is 24.5. The molecule has 12 nitrogen and oxygen atoms in total. The van der Waals surface area contributed by atoms with E-state index in [1.165, 1.54) is 23.0 Å². The molecule has 160 valence electrons. The van der Waals surface area contributed by atoms with Crippen molar-refractivity contribution in [1.29, 1.82) is 0 Å². The van der Waals surface area contributed by atoms with E-state index in [9.17, 15) is 23.4 Å². The quantitative estimate of drug-likeness (QED) is 0.362. The number of rotatable bonds is 5. The summed E-state index contributed by atoms with van der Waals surface area (Å²) in [5.41, 5.74) is 5.87. The lowest BCUT2D eigenvalue weighted by Gasteiger charge is -2.16. The Morgan fingerprint density at radius 1 is 1.27 bits per heavy atom. The van der Waals surface area contributed by atoms with Crippen LogP contribution in [0.5, 0.6) is 0 Å². The average Bonchev–Trinajstić information content (AvgIpc) is 3.22. The number of fused-ring (bicyclic) bond motifs is 1. The Morgan fingerprint density at radius 2 is 1.97 bits per heavy atom. The summed E-state index contributed by atoms with van der Waals surface area (Å²) in [6.45, 7) is 1.28. The Bertz CT molecular complexity index is 1240. The van der Waals surface area contributed by atoms with Gasteiger partial charge in [-0.3, -0.25) is 18.5 Å². The molecular formula is C17H19N5O7S. The number of hydrogen-bond donors (Lipinski definition) is 4. The predicted octanol–water partition coefficient (Wildman–Crippen LogP) is -0.965. The van der Waals surface area contributed by atoms with Crippen LogP contribution in [0.15, 0.2) is 40.3 Å². The standard InChI is InChI=1S/C17H19N5O7S/c1-8-2-4-9(5-3-8)30(26,27)28-6-10-12(23)13(24)16(29-10)22-7-19-11-14(22)20-17(18)21-15(11)25/h2-5,7,10,12-13,16,23-24H,6H2,1H3,(H3,18,20,21,25)/t10-,12-,13+,16-/m1/s1. The lowest BCUT2D eigenvalue weighted by molar-refractivity contribution is -0.0467. The number of imidazole rings is 1. The molecule has 1 saturated heterocycles. The van der Waals surface area contributed by atoms with Crippen molar-refractivity contribution >= 4 is 27.2 Å². The summed E-state index contributed by atoms with van der Waals surface area (Å²) in [6.07, 6.45) is -4.06. The van der Waals surface area contributed by atoms with Crippen molar-refractivity contribution in [3.8, 4) is 0 Å². The molecule has 1 aliphatic heterocycles. The van der Waals surface area contributed by atoms with Crippen LogP contribution in [-0.2, 0) is 19.0 Å². The van der Waals surface area contributed by atoms with Crippen LogP contribution in [0.1, 0.15) is 11.8 Å². The van der Waals surface area contributed by atoms with Crippen molar-refractivity contribution in [3.05, 3.63) is 46.5 Å². The number of H-pyrrole nitrogens is 1. The highest BCUT2D eigenvalue weighted by atomic mass is 32.2. The zero-order valence-electron chi connectivity index (χ0n) is 15.7. The second-order valence-electron chi connectivity index (χ2n) is 6.87. The molecular weight excluding hydrogens is 418 g/mol. The average molecular weight is 437 g/mol. The van der Waals surface area contributed by atoms with Crippen molar-refractivity contribution in [1.82, 2.24) is 19.5 Å². The van der Waals surface area contributed by atoms with E-state index < -0.39 is 46.8 Å². The van der Waals surface area contributed by atoms with E-state index in [2.05, 4.69) is 15.0 Å². The van der Waals surface area contributed by atoms with Gasteiger partial charge in [-0.2, -0.15) is 13.4 Å². The minimum Gasteiger partial charge on any atom is -0.387 e. The van der Waals surface area contributed by atoms with Gasteiger partial charge in [-0.15, -0.1) is 0 Å². The third-order valence-corrected chi connectivity index (χ3v) is 6.06. The zero-order chi connectivity index (χ0) is 21.6. The Balaban J connectivity index is 1.54. The van der Waals surface area contributed by atoms with Crippen molar-refractivity contribution in [2.75, 3.05) is 12.3 Å². The summed E-state index contributed by atoms with van der Waals surface area (Å²) in [4.78, 5) is 22.1. The molecule has 0 saturated carbocycles. The van der Waals surface area contributed by atoms with E-state index >= 15 is 0 Å². The lowest BCUT2D eigenvalue weighted by Crippen LogP contribution is -2.34. The number of ether oxygens (including phenoxy) is 1. The summed E-state index contributed by atoms with van der Waals surface area (Å²) in [7, 11) is -4.09. The smallest absolute Gasteiger partial charge is 0.297 e. The summed E-state index contributed by atoms with van der Waals surface area (Å²) in [5.74, 6) is -0.161. The molecule has 0 aliphatic carbocycles. The molecule has 3 heterocycles. The van der Waals surface area contributed by atoms with Crippen molar-refractivity contribution in [2.24, 2.45) is 0 Å². The molecule has 1 fully saturated rings. The van der Waals surface area contributed by atoms with Crippen molar-refractivity contribution < 1.29 is 27.6 Å². The Morgan fingerprint density at radius 3 is 2.67 bits per heavy atom. The van der Waals surface area contributed by atoms with Crippen LogP contribution >= 0.6 is 0 Å². The SMILES string of the molecule is Cc1ccc(S(=O)(=O)OC[C@H]2O[C@@H](n3cnc4c(=O)[nH]c(N)nc43)[C@@H](O)[C@@H]2O)cc1. The number of aliphatic hydroxyl groups excluding tert-OH is 2. The van der Waals surface area contributed by atoms with Crippen LogP contribution in [0.2, 0.25) is 0 Å². The molecule has 30 heavy (non-hydrogen) atoms. The molecule has 1 aromatic carbocycles. The van der Waals surface area contributed by atoms with E-state index in [1.54, 1.807) is 12.1 Å². The van der Waals surface area contributed by atoms with Gasteiger partial charge in [0, 0.05) is 0 Å². The van der Waals surface area contributed by atoms with Crippen LogP contribution in [0.25, 0.3) is 11.2 Å². The first-order valence-corrected chi connectivity index (χ1v) is 10.3. The number of aryl methyl sites for hydroxylation is 1. The molecule has 2 aromatic heterocycles. The summed E-state index contributed by atoms with van der Waals surface area (Å²) < 4.78 is 36.6. The fourth-order valence-corrected chi connectivity index (χ4v) is 4.07. The molecule has 1 aliphatic rings. The monoisotopic (exact) mass is 437 g/mol. The van der Waals surface area contributed by atoms with Gasteiger partial charge in [0.1, 0.15) is 18.3 Å². The molecule has 4 atom stereocenters. The number of nitrogens with two attached hydrogens (primary N) is 1. The highest BCUT2D eigenvalue weighted by Crippen LogP contribution is 2.31. The maximum absolute atomic E-state index is 12.3. The number of nitrogen functional groups attached to an aromatic ring is 1. The first kappa shape index (κ1) is 20.4.